The molecule has 1 aromatic heterocycles. The Morgan fingerprint density at radius 2 is 2.07 bits per heavy atom. The van der Waals surface area contributed by atoms with Gasteiger partial charge in [0.1, 0.15) is 46.7 Å². The number of benzene rings is 2. The first-order valence-electron chi connectivity index (χ1n) is 14.0. The minimum atomic E-state index is -0.996. The summed E-state index contributed by atoms with van der Waals surface area (Å²) in [6.07, 6.45) is 7.44. The molecule has 6 rings (SSSR count). The fraction of sp³-hybridized carbons (Fsp3) is 0.375. The van der Waals surface area contributed by atoms with E-state index in [1.165, 1.54) is 11.0 Å². The average Bonchev–Trinajstić information content (AvgIpc) is 3.19. The normalized spacial score (nSPS) is 21.3. The highest BCUT2D eigenvalue weighted by atomic mass is 19.1. The zero-order valence-electron chi connectivity index (χ0n) is 23.7. The zero-order valence-corrected chi connectivity index (χ0v) is 23.7. The van der Waals surface area contributed by atoms with Gasteiger partial charge >= 0.3 is 0 Å². The number of para-hydroxylation sites is 1. The number of oxazole rings is 1. The van der Waals surface area contributed by atoms with Gasteiger partial charge in [-0.05, 0) is 62.9 Å². The summed E-state index contributed by atoms with van der Waals surface area (Å²) in [4.78, 5) is 20.1. The van der Waals surface area contributed by atoms with Gasteiger partial charge in [-0.2, -0.15) is 0 Å². The molecule has 8 nitrogen and oxygen atoms in total. The largest absolute Gasteiger partial charge is 0.506 e. The van der Waals surface area contributed by atoms with Crippen LogP contribution in [0.15, 0.2) is 64.4 Å². The summed E-state index contributed by atoms with van der Waals surface area (Å²) < 4.78 is 34.2. The molecular weight excluding hydrogens is 525 g/mol. The van der Waals surface area contributed by atoms with Crippen LogP contribution in [0, 0.1) is 25.1 Å². The maximum atomic E-state index is 16.2. The highest BCUT2D eigenvalue weighted by Crippen LogP contribution is 2.50. The average molecular weight is 560 g/mol. The van der Waals surface area contributed by atoms with Crippen LogP contribution in [0.2, 0.25) is 0 Å². The summed E-state index contributed by atoms with van der Waals surface area (Å²) in [6.45, 7) is 7.84. The van der Waals surface area contributed by atoms with Crippen LogP contribution in [-0.2, 0) is 4.74 Å². The molecule has 9 heteroatoms. The lowest BCUT2D eigenvalue weighted by Crippen LogP contribution is -2.39. The number of halogens is 1. The van der Waals surface area contributed by atoms with E-state index in [2.05, 4.69) is 30.2 Å². The van der Waals surface area contributed by atoms with E-state index in [-0.39, 0.29) is 28.5 Å². The van der Waals surface area contributed by atoms with Crippen molar-refractivity contribution in [2.24, 2.45) is 5.41 Å². The lowest BCUT2D eigenvalue weighted by Gasteiger charge is -2.37. The fourth-order valence-corrected chi connectivity index (χ4v) is 5.80. The second-order valence-electron chi connectivity index (χ2n) is 11.7. The molecule has 0 saturated carbocycles. The third-order valence-corrected chi connectivity index (χ3v) is 7.72. The van der Waals surface area contributed by atoms with E-state index in [0.717, 1.165) is 19.3 Å². The minimum Gasteiger partial charge on any atom is -0.506 e. The Hall–Kier alpha value is -4.27. The van der Waals surface area contributed by atoms with Crippen LogP contribution in [-0.4, -0.2) is 28.7 Å². The van der Waals surface area contributed by atoms with Crippen LogP contribution in [0.3, 0.4) is 0 Å². The summed E-state index contributed by atoms with van der Waals surface area (Å²) in [5, 5.41) is 14.3. The Morgan fingerprint density at radius 1 is 1.24 bits per heavy atom. The molecule has 2 atom stereocenters. The molecule has 41 heavy (non-hydrogen) atoms. The molecule has 2 N–H and O–H groups in total. The molecule has 3 aromatic rings. The maximum absolute atomic E-state index is 16.2. The van der Waals surface area contributed by atoms with Gasteiger partial charge in [-0.3, -0.25) is 9.69 Å². The van der Waals surface area contributed by atoms with E-state index < -0.39 is 17.8 Å². The third kappa shape index (κ3) is 5.05. The van der Waals surface area contributed by atoms with Crippen molar-refractivity contribution in [1.82, 2.24) is 4.98 Å². The van der Waals surface area contributed by atoms with Crippen molar-refractivity contribution in [2.45, 2.75) is 65.5 Å². The number of hydrogen-bond acceptors (Lipinski definition) is 7. The van der Waals surface area contributed by atoms with Gasteiger partial charge < -0.3 is 24.3 Å². The fourth-order valence-electron chi connectivity index (χ4n) is 5.80. The van der Waals surface area contributed by atoms with Crippen molar-refractivity contribution >= 4 is 17.3 Å². The Balaban J connectivity index is 1.53. The molecular formula is C32H34FN3O5. The van der Waals surface area contributed by atoms with Crippen LogP contribution >= 0.6 is 0 Å². The van der Waals surface area contributed by atoms with E-state index in [1.54, 1.807) is 44.2 Å². The molecule has 3 aliphatic rings. The number of phenols is 1. The number of carbonyl (C=O) groups is 1. The molecule has 3 heterocycles. The Bertz CT molecular complexity index is 1570. The van der Waals surface area contributed by atoms with E-state index in [4.69, 9.17) is 13.9 Å². The monoisotopic (exact) mass is 559 g/mol. The number of aromatic hydroxyl groups is 1. The third-order valence-electron chi connectivity index (χ3n) is 7.72. The second-order valence-corrected chi connectivity index (χ2v) is 11.7. The highest BCUT2D eigenvalue weighted by Gasteiger charge is 2.44. The number of nitrogens with zero attached hydrogens (tertiary/aromatic N) is 2. The van der Waals surface area contributed by atoms with Crippen molar-refractivity contribution < 1.29 is 28.2 Å². The number of anilines is 2. The summed E-state index contributed by atoms with van der Waals surface area (Å²) in [5.74, 6) is 0.409. The van der Waals surface area contributed by atoms with Crippen LogP contribution in [0.4, 0.5) is 15.8 Å². The molecule has 0 saturated heterocycles. The van der Waals surface area contributed by atoms with Gasteiger partial charge in [0.05, 0.1) is 18.0 Å². The Kier molecular flexibility index (Phi) is 6.76. The number of rotatable bonds is 4. The van der Waals surface area contributed by atoms with Crippen LogP contribution in [0.25, 0.3) is 0 Å². The number of nitrogens with one attached hydrogen (secondary N) is 1. The highest BCUT2D eigenvalue weighted by molar-refractivity contribution is 6.09. The molecule has 0 bridgehead atoms. The van der Waals surface area contributed by atoms with E-state index in [0.29, 0.717) is 53.3 Å². The number of aromatic nitrogens is 1. The second kappa shape index (κ2) is 10.3. The molecule has 2 unspecified atom stereocenters. The SMILES string of the molecule is Cc1nc(C(=O)N2c3cccc(O)c3NC3=C(OCC(C)(C)C3)C2c2ccc(OC3C=CCCC3)cc2F)c(C)o1. The molecule has 214 valence electrons. The maximum Gasteiger partial charge on any atom is 0.281 e. The molecule has 1 amide bonds. The van der Waals surface area contributed by atoms with Gasteiger partial charge in [0.25, 0.3) is 5.91 Å². The van der Waals surface area contributed by atoms with Crippen molar-refractivity contribution in [3.05, 3.63) is 88.7 Å². The number of allylic oxidation sites excluding steroid dienone is 2. The van der Waals surface area contributed by atoms with E-state index >= 15 is 4.39 Å². The van der Waals surface area contributed by atoms with Gasteiger partial charge in [-0.15, -0.1) is 0 Å². The van der Waals surface area contributed by atoms with Crippen molar-refractivity contribution in [1.29, 1.82) is 0 Å². The quantitative estimate of drug-likeness (QED) is 0.260. The number of phenolic OH excluding ortho intramolecular Hbond substituents is 1. The van der Waals surface area contributed by atoms with Crippen molar-refractivity contribution in [3.8, 4) is 11.5 Å². The molecule has 0 radical (unpaired) electrons. The predicted octanol–water partition coefficient (Wildman–Crippen LogP) is 7.10. The molecule has 1 aliphatic carbocycles. The van der Waals surface area contributed by atoms with Gasteiger partial charge in [-0.25, -0.2) is 9.37 Å². The molecule has 0 spiro atoms. The van der Waals surface area contributed by atoms with Crippen molar-refractivity contribution in [2.75, 3.05) is 16.8 Å². The van der Waals surface area contributed by atoms with Crippen LogP contribution < -0.4 is 15.0 Å². The summed E-state index contributed by atoms with van der Waals surface area (Å²) >= 11 is 0. The van der Waals surface area contributed by atoms with Crippen LogP contribution in [0.5, 0.6) is 11.5 Å². The zero-order chi connectivity index (χ0) is 28.9. The number of aryl methyl sites for hydroxylation is 2. The summed E-state index contributed by atoms with van der Waals surface area (Å²) in [6, 6.07) is 8.64. The first-order valence-corrected chi connectivity index (χ1v) is 14.0. The Labute approximate surface area is 238 Å². The number of ether oxygens (including phenoxy) is 2. The Morgan fingerprint density at radius 3 is 2.78 bits per heavy atom. The van der Waals surface area contributed by atoms with E-state index in [9.17, 15) is 9.90 Å². The minimum absolute atomic E-state index is 0.0472. The molecule has 0 fully saturated rings. The number of fused-ring (bicyclic) bond motifs is 1. The first-order chi connectivity index (χ1) is 19.6. The topological polar surface area (TPSA) is 97.1 Å². The van der Waals surface area contributed by atoms with Gasteiger partial charge in [0, 0.05) is 24.0 Å². The number of carbonyl (C=O) groups excluding carboxylic acids is 1. The first kappa shape index (κ1) is 26.9. The van der Waals surface area contributed by atoms with Gasteiger partial charge in [0.2, 0.25) is 0 Å². The lowest BCUT2D eigenvalue weighted by atomic mass is 9.85. The van der Waals surface area contributed by atoms with Crippen molar-refractivity contribution in [3.63, 3.8) is 0 Å². The number of amides is 1. The molecule has 2 aromatic carbocycles. The lowest BCUT2D eigenvalue weighted by molar-refractivity contribution is 0.0756. The van der Waals surface area contributed by atoms with E-state index in [1.807, 2.05) is 6.08 Å². The standard InChI is InChI=1S/C32H34FN3O5/c1-18-27(34-19(2)40-18)31(38)36-25-11-8-12-26(37)28(25)35-24-16-32(3,4)17-39-30(24)29(36)22-14-13-21(15-23(22)33)41-20-9-6-5-7-10-20/h6,8-9,11-15,20,29,35,37H,5,7,10,16-17H2,1-4H3. The smallest absolute Gasteiger partial charge is 0.281 e. The molecule has 2 aliphatic heterocycles. The number of hydrogen-bond donors (Lipinski definition) is 2. The summed E-state index contributed by atoms with van der Waals surface area (Å²) in [5.41, 5.74) is 1.47. The van der Waals surface area contributed by atoms with Gasteiger partial charge in [0.15, 0.2) is 11.6 Å². The van der Waals surface area contributed by atoms with Gasteiger partial charge in [-0.1, -0.05) is 26.0 Å². The summed E-state index contributed by atoms with van der Waals surface area (Å²) in [7, 11) is 0. The predicted molar refractivity (Wildman–Crippen MR) is 152 cm³/mol. The van der Waals surface area contributed by atoms with Crippen LogP contribution in [0.1, 0.15) is 73.3 Å².